The van der Waals surface area contributed by atoms with Crippen molar-refractivity contribution in [3.05, 3.63) is 76.8 Å². The molecule has 0 amide bonds. The van der Waals surface area contributed by atoms with E-state index >= 15 is 0 Å². The molecule has 1 atom stereocenters. The van der Waals surface area contributed by atoms with Crippen molar-refractivity contribution in [2.75, 3.05) is 26.2 Å². The Morgan fingerprint density at radius 1 is 0.970 bits per heavy atom. The molecule has 2 aromatic heterocycles. The SMILES string of the molecule is Cc1onc(-c2ccccc2)c1-c1nnc(CN2CCN(C(C)c3ccccc3Cl)CC2)o1. The van der Waals surface area contributed by atoms with Crippen LogP contribution in [0.15, 0.2) is 63.5 Å². The summed E-state index contributed by atoms with van der Waals surface area (Å²) < 4.78 is 11.5. The molecule has 1 aliphatic heterocycles. The number of piperazine rings is 1. The van der Waals surface area contributed by atoms with Gasteiger partial charge in [0.2, 0.25) is 5.89 Å². The minimum Gasteiger partial charge on any atom is -0.419 e. The Bertz CT molecular complexity index is 1210. The van der Waals surface area contributed by atoms with Crippen LogP contribution in [0.2, 0.25) is 5.02 Å². The first kappa shape index (κ1) is 21.8. The Balaban J connectivity index is 1.24. The maximum Gasteiger partial charge on any atom is 0.253 e. The van der Waals surface area contributed by atoms with Gasteiger partial charge in [-0.1, -0.05) is 65.3 Å². The topological polar surface area (TPSA) is 71.4 Å². The van der Waals surface area contributed by atoms with Crippen LogP contribution in [0.25, 0.3) is 22.7 Å². The van der Waals surface area contributed by atoms with Crippen molar-refractivity contribution < 1.29 is 8.94 Å². The predicted octanol–water partition coefficient (Wildman–Crippen LogP) is 5.23. The van der Waals surface area contributed by atoms with Gasteiger partial charge in [-0.2, -0.15) is 0 Å². The first-order valence-corrected chi connectivity index (χ1v) is 11.5. The summed E-state index contributed by atoms with van der Waals surface area (Å²) in [5.74, 6) is 1.69. The Labute approximate surface area is 198 Å². The maximum absolute atomic E-state index is 6.40. The molecule has 1 fully saturated rings. The first-order valence-electron chi connectivity index (χ1n) is 11.2. The van der Waals surface area contributed by atoms with Crippen LogP contribution in [0.1, 0.15) is 30.2 Å². The quantitative estimate of drug-likeness (QED) is 0.387. The van der Waals surface area contributed by atoms with Crippen LogP contribution in [0, 0.1) is 6.92 Å². The molecule has 7 nitrogen and oxygen atoms in total. The second-order valence-corrected chi connectivity index (χ2v) is 8.75. The van der Waals surface area contributed by atoms with Crippen molar-refractivity contribution in [3.63, 3.8) is 0 Å². The van der Waals surface area contributed by atoms with E-state index in [4.69, 9.17) is 20.5 Å². The predicted molar refractivity (Wildman–Crippen MR) is 127 cm³/mol. The minimum absolute atomic E-state index is 0.281. The maximum atomic E-state index is 6.40. The zero-order chi connectivity index (χ0) is 22.8. The van der Waals surface area contributed by atoms with E-state index in [2.05, 4.69) is 38.1 Å². The van der Waals surface area contributed by atoms with Gasteiger partial charge >= 0.3 is 0 Å². The first-order chi connectivity index (χ1) is 16.1. The fourth-order valence-corrected chi connectivity index (χ4v) is 4.64. The molecular formula is C25H26ClN5O2. The molecule has 0 N–H and O–H groups in total. The van der Waals surface area contributed by atoms with E-state index in [-0.39, 0.29) is 6.04 Å². The average Bonchev–Trinajstić information content (AvgIpc) is 3.46. The lowest BCUT2D eigenvalue weighted by Gasteiger charge is -2.37. The number of halogens is 1. The van der Waals surface area contributed by atoms with Gasteiger partial charge in [0, 0.05) is 42.8 Å². The van der Waals surface area contributed by atoms with Gasteiger partial charge in [0.05, 0.1) is 6.54 Å². The zero-order valence-electron chi connectivity index (χ0n) is 18.7. The Kier molecular flexibility index (Phi) is 6.26. The van der Waals surface area contributed by atoms with Gasteiger partial charge in [-0.15, -0.1) is 10.2 Å². The van der Waals surface area contributed by atoms with Crippen molar-refractivity contribution in [2.45, 2.75) is 26.4 Å². The number of rotatable bonds is 6. The van der Waals surface area contributed by atoms with Gasteiger partial charge < -0.3 is 8.94 Å². The van der Waals surface area contributed by atoms with Crippen LogP contribution in [0.5, 0.6) is 0 Å². The molecule has 2 aromatic carbocycles. The summed E-state index contributed by atoms with van der Waals surface area (Å²) in [6.07, 6.45) is 0. The molecule has 0 radical (unpaired) electrons. The fourth-order valence-electron chi connectivity index (χ4n) is 4.35. The number of nitrogens with zero attached hydrogens (tertiary/aromatic N) is 5. The van der Waals surface area contributed by atoms with Gasteiger partial charge in [0.1, 0.15) is 17.0 Å². The molecule has 4 aromatic rings. The number of hydrogen-bond acceptors (Lipinski definition) is 7. The average molecular weight is 464 g/mol. The molecule has 0 spiro atoms. The van der Waals surface area contributed by atoms with E-state index in [0.717, 1.165) is 42.3 Å². The molecule has 1 saturated heterocycles. The summed E-state index contributed by atoms with van der Waals surface area (Å²) >= 11 is 6.40. The van der Waals surface area contributed by atoms with Crippen molar-refractivity contribution >= 4 is 11.6 Å². The molecule has 8 heteroatoms. The van der Waals surface area contributed by atoms with Gasteiger partial charge in [0.25, 0.3) is 5.89 Å². The Hall–Kier alpha value is -3.00. The number of aryl methyl sites for hydroxylation is 1. The smallest absolute Gasteiger partial charge is 0.253 e. The molecule has 3 heterocycles. The molecule has 1 unspecified atom stereocenters. The summed E-state index contributed by atoms with van der Waals surface area (Å²) in [7, 11) is 0. The van der Waals surface area contributed by atoms with Crippen molar-refractivity contribution in [1.82, 2.24) is 25.2 Å². The summed E-state index contributed by atoms with van der Waals surface area (Å²) in [5, 5.41) is 13.6. The molecule has 170 valence electrons. The number of benzene rings is 2. The summed E-state index contributed by atoms with van der Waals surface area (Å²) in [6, 6.07) is 18.2. The van der Waals surface area contributed by atoms with Crippen molar-refractivity contribution in [1.29, 1.82) is 0 Å². The molecule has 5 rings (SSSR count). The van der Waals surface area contributed by atoms with E-state index in [1.165, 1.54) is 5.56 Å². The lowest BCUT2D eigenvalue weighted by Crippen LogP contribution is -2.46. The monoisotopic (exact) mass is 463 g/mol. The Morgan fingerprint density at radius 3 is 2.45 bits per heavy atom. The number of aromatic nitrogens is 3. The van der Waals surface area contributed by atoms with Crippen LogP contribution < -0.4 is 0 Å². The van der Waals surface area contributed by atoms with Gasteiger partial charge in [-0.25, -0.2) is 0 Å². The van der Waals surface area contributed by atoms with Crippen LogP contribution in [-0.4, -0.2) is 51.3 Å². The molecule has 0 bridgehead atoms. The summed E-state index contributed by atoms with van der Waals surface area (Å²) in [6.45, 7) is 8.45. The normalized spacial score (nSPS) is 16.2. The summed E-state index contributed by atoms with van der Waals surface area (Å²) in [4.78, 5) is 4.80. The molecule has 33 heavy (non-hydrogen) atoms. The van der Waals surface area contributed by atoms with E-state index in [1.807, 2.05) is 55.5 Å². The highest BCUT2D eigenvalue weighted by Crippen LogP contribution is 2.33. The second kappa shape index (κ2) is 9.47. The highest BCUT2D eigenvalue weighted by atomic mass is 35.5. The van der Waals surface area contributed by atoms with Crippen molar-refractivity contribution in [3.8, 4) is 22.7 Å². The van der Waals surface area contributed by atoms with Crippen molar-refractivity contribution in [2.24, 2.45) is 0 Å². The van der Waals surface area contributed by atoms with Gasteiger partial charge in [0.15, 0.2) is 0 Å². The summed E-state index contributed by atoms with van der Waals surface area (Å²) in [5.41, 5.74) is 3.59. The third kappa shape index (κ3) is 4.57. The molecule has 1 aliphatic rings. The van der Waals surface area contributed by atoms with E-state index in [0.29, 0.717) is 29.8 Å². The van der Waals surface area contributed by atoms with Crippen LogP contribution in [0.3, 0.4) is 0 Å². The van der Waals surface area contributed by atoms with Crippen LogP contribution in [-0.2, 0) is 6.54 Å². The van der Waals surface area contributed by atoms with Crippen LogP contribution in [0.4, 0.5) is 0 Å². The zero-order valence-corrected chi connectivity index (χ0v) is 19.5. The second-order valence-electron chi connectivity index (χ2n) is 8.34. The van der Waals surface area contributed by atoms with E-state index in [9.17, 15) is 0 Å². The van der Waals surface area contributed by atoms with Gasteiger partial charge in [-0.05, 0) is 25.5 Å². The van der Waals surface area contributed by atoms with Gasteiger partial charge in [-0.3, -0.25) is 9.80 Å². The third-order valence-corrected chi connectivity index (χ3v) is 6.60. The lowest BCUT2D eigenvalue weighted by atomic mass is 10.1. The lowest BCUT2D eigenvalue weighted by molar-refractivity contribution is 0.0923. The third-order valence-electron chi connectivity index (χ3n) is 6.26. The number of hydrogen-bond donors (Lipinski definition) is 0. The largest absolute Gasteiger partial charge is 0.419 e. The highest BCUT2D eigenvalue weighted by molar-refractivity contribution is 6.31. The molecule has 0 saturated carbocycles. The van der Waals surface area contributed by atoms with E-state index in [1.54, 1.807) is 0 Å². The minimum atomic E-state index is 0.281. The fraction of sp³-hybridized carbons (Fsp3) is 0.320. The molecular weight excluding hydrogens is 438 g/mol. The standard InChI is InChI=1S/C25H26ClN5O2/c1-17(20-10-6-7-11-21(20)26)31-14-12-30(13-15-31)16-22-27-28-25(32-22)23-18(2)33-29-24(23)19-8-4-3-5-9-19/h3-11,17H,12-16H2,1-2H3. The van der Waals surface area contributed by atoms with Crippen LogP contribution >= 0.6 is 11.6 Å². The molecule has 0 aliphatic carbocycles. The van der Waals surface area contributed by atoms with E-state index < -0.39 is 0 Å². The highest BCUT2D eigenvalue weighted by Gasteiger charge is 2.26. The Morgan fingerprint density at radius 2 is 1.70 bits per heavy atom.